The molecule has 2 amide bonds. The Morgan fingerprint density at radius 1 is 1.32 bits per heavy atom. The van der Waals surface area contributed by atoms with Crippen molar-refractivity contribution in [2.24, 2.45) is 11.1 Å². The van der Waals surface area contributed by atoms with E-state index in [0.29, 0.717) is 6.42 Å². The zero-order valence-corrected chi connectivity index (χ0v) is 20.1. The van der Waals surface area contributed by atoms with Gasteiger partial charge in [-0.3, -0.25) is 9.59 Å². The second-order valence-electron chi connectivity index (χ2n) is 9.03. The summed E-state index contributed by atoms with van der Waals surface area (Å²) in [6, 6.07) is 5.49. The smallest absolute Gasteiger partial charge is 0.332 e. The van der Waals surface area contributed by atoms with Crippen LogP contribution in [-0.4, -0.2) is 72.3 Å². The minimum atomic E-state index is -0.921. The second-order valence-corrected chi connectivity index (χ2v) is 9.03. The molecule has 186 valence electrons. The van der Waals surface area contributed by atoms with E-state index in [2.05, 4.69) is 11.2 Å². The van der Waals surface area contributed by atoms with Crippen molar-refractivity contribution < 1.29 is 29.0 Å². The highest BCUT2D eigenvalue weighted by Gasteiger charge is 2.43. The number of carbonyl (C=O) groups excluding carboxylic acids is 3. The summed E-state index contributed by atoms with van der Waals surface area (Å²) in [5.74, 6) is 1.32. The summed E-state index contributed by atoms with van der Waals surface area (Å²) in [7, 11) is 0. The fraction of sp³-hybridized carbons (Fsp3) is 0.560. The molecule has 0 aromatic heterocycles. The molecule has 34 heavy (non-hydrogen) atoms. The summed E-state index contributed by atoms with van der Waals surface area (Å²) >= 11 is 0. The topological polar surface area (TPSA) is 131 Å². The number of aliphatic hydroxyl groups excluding tert-OH is 1. The zero-order chi connectivity index (χ0) is 25.3. The fourth-order valence-corrected chi connectivity index (χ4v) is 3.69. The monoisotopic (exact) mass is 473 g/mol. The van der Waals surface area contributed by atoms with Crippen LogP contribution in [-0.2, 0) is 30.4 Å². The molecule has 1 aromatic rings. The summed E-state index contributed by atoms with van der Waals surface area (Å²) in [6.45, 7) is 6.00. The standard InChI is InChI=1S/C25H35N3O6/c1-5-17-7-9-18(10-8-17)14-27-23(31)20-13-19(29)15-28(20)24(32)22(26)25(3,4)11-12-33-16-21(30)34-6-2/h1,7-10,19-20,22,29H,6,11-16,26H2,2-4H3,(H,27,31)/t19-,20+,22+/m1/s1. The van der Waals surface area contributed by atoms with Crippen LogP contribution in [0.4, 0.5) is 0 Å². The Balaban J connectivity index is 1.94. The van der Waals surface area contributed by atoms with Gasteiger partial charge >= 0.3 is 5.97 Å². The lowest BCUT2D eigenvalue weighted by atomic mass is 9.81. The van der Waals surface area contributed by atoms with Gasteiger partial charge in [0.25, 0.3) is 0 Å². The summed E-state index contributed by atoms with van der Waals surface area (Å²) in [6.07, 6.45) is 5.11. The highest BCUT2D eigenvalue weighted by molar-refractivity contribution is 5.90. The number of benzene rings is 1. The van der Waals surface area contributed by atoms with Gasteiger partial charge in [-0.1, -0.05) is 31.9 Å². The first kappa shape index (κ1) is 27.3. The van der Waals surface area contributed by atoms with Crippen LogP contribution in [0.3, 0.4) is 0 Å². The number of amides is 2. The number of aliphatic hydroxyl groups is 1. The van der Waals surface area contributed by atoms with Gasteiger partial charge in [0, 0.05) is 31.7 Å². The van der Waals surface area contributed by atoms with Gasteiger partial charge in [0.15, 0.2) is 0 Å². The number of nitrogens with one attached hydrogen (secondary N) is 1. The van der Waals surface area contributed by atoms with Gasteiger partial charge in [0.1, 0.15) is 12.6 Å². The number of carbonyl (C=O) groups is 3. The molecule has 0 aliphatic carbocycles. The number of β-amino-alcohol motifs (C(OH)–C–C–N with tert-alkyl or cyclic N) is 1. The number of likely N-dealkylation sites (tertiary alicyclic amines) is 1. The highest BCUT2D eigenvalue weighted by atomic mass is 16.6. The van der Waals surface area contributed by atoms with Crippen LogP contribution in [0.1, 0.15) is 44.7 Å². The van der Waals surface area contributed by atoms with E-state index in [0.717, 1.165) is 11.1 Å². The number of hydrogen-bond acceptors (Lipinski definition) is 7. The van der Waals surface area contributed by atoms with Gasteiger partial charge < -0.3 is 30.5 Å². The molecule has 0 radical (unpaired) electrons. The van der Waals surface area contributed by atoms with Crippen LogP contribution in [0.5, 0.6) is 0 Å². The van der Waals surface area contributed by atoms with E-state index < -0.39 is 35.5 Å². The van der Waals surface area contributed by atoms with Crippen LogP contribution in [0.15, 0.2) is 24.3 Å². The first-order valence-corrected chi connectivity index (χ1v) is 11.4. The van der Waals surface area contributed by atoms with Crippen molar-refractivity contribution in [1.82, 2.24) is 10.2 Å². The van der Waals surface area contributed by atoms with E-state index in [4.69, 9.17) is 21.6 Å². The Morgan fingerprint density at radius 2 is 2.00 bits per heavy atom. The van der Waals surface area contributed by atoms with Crippen molar-refractivity contribution in [3.63, 3.8) is 0 Å². The third-order valence-corrected chi connectivity index (χ3v) is 5.98. The van der Waals surface area contributed by atoms with Gasteiger partial charge in [0.05, 0.1) is 18.8 Å². The number of nitrogens with two attached hydrogens (primary N) is 1. The molecule has 1 heterocycles. The lowest BCUT2D eigenvalue weighted by Gasteiger charge is -2.35. The van der Waals surface area contributed by atoms with Crippen LogP contribution in [0, 0.1) is 17.8 Å². The molecular formula is C25H35N3O6. The van der Waals surface area contributed by atoms with Gasteiger partial charge in [-0.2, -0.15) is 0 Å². The maximum atomic E-state index is 13.2. The first-order valence-electron chi connectivity index (χ1n) is 11.4. The van der Waals surface area contributed by atoms with Gasteiger partial charge in [-0.05, 0) is 36.5 Å². The highest BCUT2D eigenvalue weighted by Crippen LogP contribution is 2.28. The van der Waals surface area contributed by atoms with Crippen LogP contribution < -0.4 is 11.1 Å². The lowest BCUT2D eigenvalue weighted by molar-refractivity contribution is -0.149. The van der Waals surface area contributed by atoms with E-state index in [9.17, 15) is 19.5 Å². The first-order chi connectivity index (χ1) is 16.1. The predicted molar refractivity (Wildman–Crippen MR) is 126 cm³/mol. The summed E-state index contributed by atoms with van der Waals surface area (Å²) < 4.78 is 10.1. The van der Waals surface area contributed by atoms with Crippen molar-refractivity contribution in [2.45, 2.75) is 58.3 Å². The minimum Gasteiger partial charge on any atom is -0.464 e. The molecule has 2 rings (SSSR count). The van der Waals surface area contributed by atoms with Crippen molar-refractivity contribution >= 4 is 17.8 Å². The Hall–Kier alpha value is -2.93. The van der Waals surface area contributed by atoms with Gasteiger partial charge in [-0.25, -0.2) is 4.79 Å². The largest absolute Gasteiger partial charge is 0.464 e. The maximum Gasteiger partial charge on any atom is 0.332 e. The van der Waals surface area contributed by atoms with Crippen molar-refractivity contribution in [1.29, 1.82) is 0 Å². The summed E-state index contributed by atoms with van der Waals surface area (Å²) in [5.41, 5.74) is 7.24. The molecule has 0 bridgehead atoms. The molecule has 1 saturated heterocycles. The van der Waals surface area contributed by atoms with E-state index in [1.54, 1.807) is 19.1 Å². The Labute approximate surface area is 201 Å². The second kappa shape index (κ2) is 12.5. The molecule has 1 aromatic carbocycles. The minimum absolute atomic E-state index is 0.0386. The molecule has 3 atom stereocenters. The van der Waals surface area contributed by atoms with Crippen molar-refractivity contribution in [2.75, 3.05) is 26.4 Å². The third kappa shape index (κ3) is 7.55. The third-order valence-electron chi connectivity index (χ3n) is 5.98. The number of rotatable bonds is 11. The Morgan fingerprint density at radius 3 is 2.62 bits per heavy atom. The molecule has 1 fully saturated rings. The van der Waals surface area contributed by atoms with E-state index in [1.807, 2.05) is 26.0 Å². The lowest BCUT2D eigenvalue weighted by Crippen LogP contribution is -2.55. The summed E-state index contributed by atoms with van der Waals surface area (Å²) in [4.78, 5) is 38.8. The van der Waals surface area contributed by atoms with Crippen molar-refractivity contribution in [3.05, 3.63) is 35.4 Å². The molecule has 0 spiro atoms. The van der Waals surface area contributed by atoms with E-state index >= 15 is 0 Å². The fourth-order valence-electron chi connectivity index (χ4n) is 3.69. The molecule has 9 nitrogen and oxygen atoms in total. The molecular weight excluding hydrogens is 438 g/mol. The summed E-state index contributed by atoms with van der Waals surface area (Å²) in [5, 5.41) is 13.0. The van der Waals surface area contributed by atoms with Gasteiger partial charge in [-0.15, -0.1) is 6.42 Å². The van der Waals surface area contributed by atoms with Crippen LogP contribution >= 0.6 is 0 Å². The average Bonchev–Trinajstić information content (AvgIpc) is 3.21. The predicted octanol–water partition coefficient (Wildman–Crippen LogP) is 0.569. The molecule has 1 aliphatic heterocycles. The number of hydrogen-bond donors (Lipinski definition) is 3. The average molecular weight is 474 g/mol. The Bertz CT molecular complexity index is 893. The quantitative estimate of drug-likeness (QED) is 0.243. The molecule has 0 unspecified atom stereocenters. The van der Waals surface area contributed by atoms with Crippen molar-refractivity contribution in [3.8, 4) is 12.3 Å². The SMILES string of the molecule is C#Cc1ccc(CNC(=O)[C@@H]2C[C@@H](O)CN2C(=O)[C@H](N)C(C)(C)CCOCC(=O)OCC)cc1. The van der Waals surface area contributed by atoms with E-state index in [1.165, 1.54) is 4.90 Å². The van der Waals surface area contributed by atoms with E-state index in [-0.39, 0.29) is 45.2 Å². The van der Waals surface area contributed by atoms with Crippen LogP contribution in [0.2, 0.25) is 0 Å². The number of nitrogens with zero attached hydrogens (tertiary/aromatic N) is 1. The molecule has 9 heteroatoms. The Kier molecular flexibility index (Phi) is 10.1. The molecule has 4 N–H and O–H groups in total. The van der Waals surface area contributed by atoms with Crippen LogP contribution in [0.25, 0.3) is 0 Å². The van der Waals surface area contributed by atoms with Gasteiger partial charge in [0.2, 0.25) is 11.8 Å². The number of esters is 1. The number of terminal acetylenes is 1. The molecule has 0 saturated carbocycles. The normalized spacial score (nSPS) is 18.8. The maximum absolute atomic E-state index is 13.2. The zero-order valence-electron chi connectivity index (χ0n) is 20.1. The number of ether oxygens (including phenoxy) is 2. The molecule has 1 aliphatic rings.